The quantitative estimate of drug-likeness (QED) is 0.185. The van der Waals surface area contributed by atoms with Gasteiger partial charge in [-0.2, -0.15) is 5.10 Å². The van der Waals surface area contributed by atoms with Gasteiger partial charge in [-0.05, 0) is 45.0 Å². The van der Waals surface area contributed by atoms with E-state index in [2.05, 4.69) is 10.2 Å². The molecular weight excluding hydrogens is 705 g/mol. The van der Waals surface area contributed by atoms with E-state index in [1.807, 2.05) is 60.5 Å². The molecule has 0 bridgehead atoms. The number of rotatable bonds is 10. The lowest BCUT2D eigenvalue weighted by Crippen LogP contribution is -2.40. The summed E-state index contributed by atoms with van der Waals surface area (Å²) in [4.78, 5) is 45.7. The van der Waals surface area contributed by atoms with E-state index in [0.29, 0.717) is 93.3 Å². The number of hydrogen-bond donors (Lipinski definition) is 2. The molecule has 2 atom stereocenters. The number of nitrogens with zero attached hydrogens (tertiary/aromatic N) is 6. The summed E-state index contributed by atoms with van der Waals surface area (Å²) in [6.45, 7) is 2.07. The molecule has 2 fully saturated rings. The third-order valence-corrected chi connectivity index (χ3v) is 10.9. The highest BCUT2D eigenvalue weighted by atomic mass is 35.5. The Hall–Kier alpha value is -4.75. The van der Waals surface area contributed by atoms with Crippen LogP contribution in [-0.4, -0.2) is 79.4 Å². The van der Waals surface area contributed by atoms with Crippen molar-refractivity contribution in [1.82, 2.24) is 34.3 Å². The van der Waals surface area contributed by atoms with E-state index in [4.69, 9.17) is 38.0 Å². The van der Waals surface area contributed by atoms with Crippen LogP contribution in [0.3, 0.4) is 0 Å². The van der Waals surface area contributed by atoms with Gasteiger partial charge in [-0.25, -0.2) is 9.50 Å². The maximum absolute atomic E-state index is 13.5. The summed E-state index contributed by atoms with van der Waals surface area (Å²) in [6, 6.07) is 17.0. The van der Waals surface area contributed by atoms with E-state index in [9.17, 15) is 19.5 Å². The van der Waals surface area contributed by atoms with Gasteiger partial charge in [0, 0.05) is 66.1 Å². The second-order valence-electron chi connectivity index (χ2n) is 13.5. The molecule has 0 unspecified atom stereocenters. The van der Waals surface area contributed by atoms with Gasteiger partial charge in [0.1, 0.15) is 11.3 Å². The molecular formula is C38H39Cl2N7O5. The van der Waals surface area contributed by atoms with Crippen LogP contribution in [0.4, 0.5) is 0 Å². The van der Waals surface area contributed by atoms with E-state index < -0.39 is 11.9 Å². The summed E-state index contributed by atoms with van der Waals surface area (Å²) >= 11 is 14.2. The Morgan fingerprint density at radius 1 is 1.04 bits per heavy atom. The fraction of sp³-hybridized carbons (Fsp3) is 0.342. The van der Waals surface area contributed by atoms with Crippen LogP contribution < -0.4 is 15.6 Å². The molecule has 1 amide bonds. The number of benzene rings is 2. The fourth-order valence-corrected chi connectivity index (χ4v) is 7.85. The highest BCUT2D eigenvalue weighted by molar-refractivity contribution is 6.39. The summed E-state index contributed by atoms with van der Waals surface area (Å²) in [7, 11) is 5.23. The van der Waals surface area contributed by atoms with Crippen molar-refractivity contribution in [2.45, 2.75) is 44.9 Å². The number of likely N-dealkylation sites (tertiary alicyclic amines) is 1. The largest absolute Gasteiger partial charge is 0.481 e. The zero-order valence-electron chi connectivity index (χ0n) is 29.1. The minimum absolute atomic E-state index is 0.0345. The Morgan fingerprint density at radius 3 is 2.44 bits per heavy atom. The fourth-order valence-electron chi connectivity index (χ4n) is 7.19. The zero-order chi connectivity index (χ0) is 36.7. The van der Waals surface area contributed by atoms with Crippen molar-refractivity contribution in [3.63, 3.8) is 0 Å². The molecule has 2 aliphatic rings. The van der Waals surface area contributed by atoms with Crippen molar-refractivity contribution in [3.05, 3.63) is 92.6 Å². The molecule has 0 radical (unpaired) electrons. The van der Waals surface area contributed by atoms with Gasteiger partial charge in [-0.1, -0.05) is 65.7 Å². The number of carboxylic acids is 1. The minimum Gasteiger partial charge on any atom is -0.481 e. The number of aliphatic carboxylic acids is 1. The molecule has 52 heavy (non-hydrogen) atoms. The molecule has 0 saturated carbocycles. The molecule has 2 saturated heterocycles. The number of carbonyl (C=O) groups is 2. The average Bonchev–Trinajstić information content (AvgIpc) is 3.78. The molecule has 14 heteroatoms. The summed E-state index contributed by atoms with van der Waals surface area (Å²) in [5.41, 5.74) is 5.27. The highest BCUT2D eigenvalue weighted by Crippen LogP contribution is 2.42. The second-order valence-corrected chi connectivity index (χ2v) is 14.2. The Bertz CT molecular complexity index is 2250. The molecule has 2 aromatic carbocycles. The zero-order valence-corrected chi connectivity index (χ0v) is 30.6. The number of aromatic nitrogens is 4. The first kappa shape index (κ1) is 35.6. The van der Waals surface area contributed by atoms with Crippen molar-refractivity contribution in [2.24, 2.45) is 13.0 Å². The molecule has 0 spiro atoms. The number of fused-ring (bicyclic) bond motifs is 1. The van der Waals surface area contributed by atoms with Crippen LogP contribution in [0.2, 0.25) is 10.0 Å². The van der Waals surface area contributed by atoms with Crippen molar-refractivity contribution < 1.29 is 19.4 Å². The second kappa shape index (κ2) is 14.7. The van der Waals surface area contributed by atoms with Crippen LogP contribution >= 0.6 is 23.2 Å². The maximum atomic E-state index is 13.5. The first-order valence-electron chi connectivity index (χ1n) is 17.2. The standard InChI is InChI=1S/C38H39Cl2N7O5/c1-44(31-14-15-33(48)42-31)18-22-12-13-29(41-36(22)52-3)28-11-5-10-27(35(28)40)26-9-4-8-25(34(26)39)24-17-30-37(49)45(2)32(43-47(30)20-24)21-46-16-6-7-23(19-46)38(50)51/h4-5,8-13,17,20,23,31H,6-7,14-16,18-19,21H2,1-3H3,(H,42,48)(H,50,51)/t23-,31-/m0/s1. The number of carboxylic acid groups (broad SMARTS) is 1. The van der Waals surface area contributed by atoms with Crippen LogP contribution in [0.25, 0.3) is 39.0 Å². The lowest BCUT2D eigenvalue weighted by molar-refractivity contribution is -0.143. The first-order chi connectivity index (χ1) is 25.0. The van der Waals surface area contributed by atoms with Crippen molar-refractivity contribution in [2.75, 3.05) is 27.2 Å². The van der Waals surface area contributed by atoms with Crippen LogP contribution in [0.15, 0.2) is 65.6 Å². The number of carbonyl (C=O) groups excluding carboxylic acids is 1. The van der Waals surface area contributed by atoms with Crippen LogP contribution in [-0.2, 0) is 29.7 Å². The van der Waals surface area contributed by atoms with Crippen molar-refractivity contribution in [3.8, 4) is 39.4 Å². The molecule has 2 N–H and O–H groups in total. The predicted octanol–water partition coefficient (Wildman–Crippen LogP) is 5.71. The van der Waals surface area contributed by atoms with Crippen molar-refractivity contribution >= 4 is 40.6 Å². The normalized spacial score (nSPS) is 17.9. The van der Waals surface area contributed by atoms with Gasteiger partial charge >= 0.3 is 5.97 Å². The predicted molar refractivity (Wildman–Crippen MR) is 199 cm³/mol. The van der Waals surface area contributed by atoms with Gasteiger partial charge < -0.3 is 15.2 Å². The van der Waals surface area contributed by atoms with Gasteiger partial charge in [0.05, 0.1) is 41.5 Å². The minimum atomic E-state index is -0.799. The van der Waals surface area contributed by atoms with Crippen molar-refractivity contribution in [1.29, 1.82) is 0 Å². The first-order valence-corrected chi connectivity index (χ1v) is 17.9. The Kier molecular flexibility index (Phi) is 10.1. The summed E-state index contributed by atoms with van der Waals surface area (Å²) in [5, 5.41) is 18.2. The van der Waals surface area contributed by atoms with Gasteiger partial charge in [-0.3, -0.25) is 28.8 Å². The van der Waals surface area contributed by atoms with Gasteiger partial charge in [0.25, 0.3) is 5.56 Å². The number of halogens is 2. The molecule has 5 heterocycles. The van der Waals surface area contributed by atoms with Crippen LogP contribution in [0.1, 0.15) is 37.1 Å². The summed E-state index contributed by atoms with van der Waals surface area (Å²) in [6.07, 6.45) is 4.45. The Balaban J connectivity index is 1.17. The van der Waals surface area contributed by atoms with E-state index in [1.165, 1.54) is 4.57 Å². The molecule has 12 nitrogen and oxygen atoms in total. The molecule has 5 aromatic rings. The van der Waals surface area contributed by atoms with E-state index in [1.54, 1.807) is 30.9 Å². The van der Waals surface area contributed by atoms with E-state index in [0.717, 1.165) is 24.9 Å². The number of ether oxygens (including phenoxy) is 1. The number of nitrogens with one attached hydrogen (secondary N) is 1. The lowest BCUT2D eigenvalue weighted by Gasteiger charge is -2.30. The van der Waals surface area contributed by atoms with Crippen LogP contribution in [0, 0.1) is 5.92 Å². The Morgan fingerprint density at radius 2 is 1.75 bits per heavy atom. The summed E-state index contributed by atoms with van der Waals surface area (Å²) < 4.78 is 8.78. The monoisotopic (exact) mass is 743 g/mol. The smallest absolute Gasteiger partial charge is 0.307 e. The molecule has 2 aliphatic heterocycles. The van der Waals surface area contributed by atoms with Gasteiger partial charge in [0.2, 0.25) is 11.8 Å². The lowest BCUT2D eigenvalue weighted by atomic mass is 9.97. The van der Waals surface area contributed by atoms with Gasteiger partial charge in [-0.15, -0.1) is 0 Å². The van der Waals surface area contributed by atoms with Gasteiger partial charge in [0.15, 0.2) is 0 Å². The van der Waals surface area contributed by atoms with Crippen LogP contribution in [0.5, 0.6) is 5.88 Å². The average molecular weight is 745 g/mol. The third-order valence-electron chi connectivity index (χ3n) is 10.1. The van der Waals surface area contributed by atoms with E-state index in [-0.39, 0.29) is 17.6 Å². The Labute approximate surface area is 310 Å². The topological polar surface area (TPSA) is 134 Å². The number of piperidine rings is 1. The molecule has 3 aromatic heterocycles. The molecule has 7 rings (SSSR count). The van der Waals surface area contributed by atoms with E-state index >= 15 is 0 Å². The maximum Gasteiger partial charge on any atom is 0.307 e. The highest BCUT2D eigenvalue weighted by Gasteiger charge is 2.27. The number of pyridine rings is 1. The number of amides is 1. The molecule has 0 aliphatic carbocycles. The summed E-state index contributed by atoms with van der Waals surface area (Å²) in [5.74, 6) is -0.158. The number of hydrogen-bond acceptors (Lipinski definition) is 8. The third kappa shape index (κ3) is 6.91. The number of methoxy groups -OCH3 is 1. The molecule has 270 valence electrons. The SMILES string of the molecule is COc1nc(-c2cccc(-c3cccc(-c4cc5c(=O)n(C)c(CN6CCC[C@H](C(=O)O)C6)nn5c4)c3Cl)c2Cl)ccc1CN(C)[C@H]1CCC(=O)N1.